The van der Waals surface area contributed by atoms with Gasteiger partial charge in [-0.1, -0.05) is 17.7 Å². The molecule has 1 atom stereocenters. The summed E-state index contributed by atoms with van der Waals surface area (Å²) in [6.45, 7) is 8.22. The van der Waals surface area contributed by atoms with E-state index < -0.39 is 0 Å². The van der Waals surface area contributed by atoms with Crippen LogP contribution in [0.3, 0.4) is 0 Å². The molecule has 0 amide bonds. The number of benzene rings is 1. The molecule has 108 valence electrons. The molecular weight excluding hydrogens is 272 g/mol. The largest absolute Gasteiger partial charge is 0.374 e. The van der Waals surface area contributed by atoms with Crippen LogP contribution in [0.2, 0.25) is 5.02 Å². The van der Waals surface area contributed by atoms with Crippen molar-refractivity contribution in [3.05, 3.63) is 35.5 Å². The number of ether oxygens (including phenoxy) is 1. The van der Waals surface area contributed by atoms with E-state index in [-0.39, 0.29) is 6.10 Å². The molecule has 1 saturated heterocycles. The monoisotopic (exact) mass is 292 g/mol. The maximum Gasteiger partial charge on any atom is 0.0881 e. The first-order valence-corrected chi connectivity index (χ1v) is 7.62. The summed E-state index contributed by atoms with van der Waals surface area (Å²) in [6.07, 6.45) is 2.36. The molecule has 3 rings (SSSR count). The third-order valence-electron chi connectivity index (χ3n) is 4.06. The van der Waals surface area contributed by atoms with Crippen molar-refractivity contribution in [2.45, 2.75) is 32.5 Å². The van der Waals surface area contributed by atoms with E-state index in [0.717, 1.165) is 36.7 Å². The van der Waals surface area contributed by atoms with Crippen molar-refractivity contribution in [1.82, 2.24) is 9.47 Å². The Bertz CT molecular complexity index is 593. The van der Waals surface area contributed by atoms with Gasteiger partial charge in [0, 0.05) is 41.3 Å². The minimum atomic E-state index is 0.251. The average Bonchev–Trinajstić information content (AvgIpc) is 2.84. The van der Waals surface area contributed by atoms with E-state index in [1.54, 1.807) is 0 Å². The lowest BCUT2D eigenvalue weighted by Crippen LogP contribution is -2.47. The van der Waals surface area contributed by atoms with Crippen LogP contribution in [0.5, 0.6) is 0 Å². The second kappa shape index (κ2) is 5.76. The normalized spacial score (nSPS) is 20.9. The molecule has 2 aromatic rings. The van der Waals surface area contributed by atoms with Crippen LogP contribution in [-0.2, 0) is 11.3 Å². The summed E-state index contributed by atoms with van der Waals surface area (Å²) in [5.74, 6) is 0. The molecule has 4 heteroatoms. The molecule has 20 heavy (non-hydrogen) atoms. The lowest BCUT2D eigenvalue weighted by atomic mass is 10.2. The molecule has 0 saturated carbocycles. The summed E-state index contributed by atoms with van der Waals surface area (Å²) in [4.78, 5) is 2.48. The number of hydrogen-bond acceptors (Lipinski definition) is 2. The maximum absolute atomic E-state index is 6.23. The highest BCUT2D eigenvalue weighted by Gasteiger charge is 2.22. The van der Waals surface area contributed by atoms with Gasteiger partial charge in [-0.05, 0) is 32.0 Å². The van der Waals surface area contributed by atoms with E-state index in [1.807, 2.05) is 12.1 Å². The minimum absolute atomic E-state index is 0.251. The Morgan fingerprint density at radius 1 is 1.35 bits per heavy atom. The molecule has 0 radical (unpaired) electrons. The Labute approximate surface area is 125 Å². The Kier molecular flexibility index (Phi) is 4.01. The first kappa shape index (κ1) is 13.9. The first-order chi connectivity index (χ1) is 9.65. The average molecular weight is 293 g/mol. The number of rotatable bonds is 3. The van der Waals surface area contributed by atoms with Crippen LogP contribution in [0.15, 0.2) is 30.5 Å². The molecule has 0 bridgehead atoms. The summed E-state index contributed by atoms with van der Waals surface area (Å²) in [5, 5.41) is 1.93. The van der Waals surface area contributed by atoms with Crippen LogP contribution in [0, 0.1) is 0 Å². The lowest BCUT2D eigenvalue weighted by Gasteiger charge is -2.35. The highest BCUT2D eigenvalue weighted by molar-refractivity contribution is 6.35. The van der Waals surface area contributed by atoms with Gasteiger partial charge >= 0.3 is 0 Å². The van der Waals surface area contributed by atoms with Crippen LogP contribution in [0.4, 0.5) is 0 Å². The second-order valence-electron chi connectivity index (χ2n) is 5.72. The van der Waals surface area contributed by atoms with Crippen molar-refractivity contribution in [3.63, 3.8) is 0 Å². The van der Waals surface area contributed by atoms with Crippen molar-refractivity contribution in [2.75, 3.05) is 19.7 Å². The lowest BCUT2D eigenvalue weighted by molar-refractivity contribution is -0.0451. The van der Waals surface area contributed by atoms with E-state index in [1.165, 1.54) is 5.52 Å². The van der Waals surface area contributed by atoms with Crippen LogP contribution in [-0.4, -0.2) is 41.3 Å². The van der Waals surface area contributed by atoms with Crippen LogP contribution in [0.1, 0.15) is 13.8 Å². The molecular formula is C16H21ClN2O. The van der Waals surface area contributed by atoms with E-state index >= 15 is 0 Å². The molecule has 0 N–H and O–H groups in total. The highest BCUT2D eigenvalue weighted by atomic mass is 35.5. The third-order valence-corrected chi connectivity index (χ3v) is 4.39. The molecule has 2 heterocycles. The molecule has 0 aliphatic carbocycles. The minimum Gasteiger partial charge on any atom is -0.374 e. The predicted molar refractivity (Wildman–Crippen MR) is 83.4 cm³/mol. The van der Waals surface area contributed by atoms with E-state index in [2.05, 4.69) is 41.6 Å². The molecule has 1 unspecified atom stereocenters. The molecule has 1 aromatic heterocycles. The van der Waals surface area contributed by atoms with E-state index in [4.69, 9.17) is 16.3 Å². The van der Waals surface area contributed by atoms with E-state index in [0.29, 0.717) is 6.04 Å². The Morgan fingerprint density at radius 2 is 2.20 bits per heavy atom. The number of fused-ring (bicyclic) bond motifs is 1. The Morgan fingerprint density at radius 3 is 3.00 bits per heavy atom. The summed E-state index contributed by atoms with van der Waals surface area (Å²) in [6, 6.07) is 8.72. The quantitative estimate of drug-likeness (QED) is 0.863. The van der Waals surface area contributed by atoms with Gasteiger partial charge in [0.05, 0.1) is 19.3 Å². The van der Waals surface area contributed by atoms with Gasteiger partial charge in [0.2, 0.25) is 0 Å². The zero-order valence-electron chi connectivity index (χ0n) is 12.1. The van der Waals surface area contributed by atoms with Gasteiger partial charge in [0.1, 0.15) is 0 Å². The van der Waals surface area contributed by atoms with Crippen molar-refractivity contribution >= 4 is 22.5 Å². The third kappa shape index (κ3) is 2.71. The number of aromatic nitrogens is 1. The van der Waals surface area contributed by atoms with Gasteiger partial charge in [-0.3, -0.25) is 4.90 Å². The topological polar surface area (TPSA) is 17.4 Å². The molecule has 1 aliphatic rings. The Hall–Kier alpha value is -1.03. The fraction of sp³-hybridized carbons (Fsp3) is 0.500. The molecule has 1 aliphatic heterocycles. The number of hydrogen-bond donors (Lipinski definition) is 0. The fourth-order valence-corrected chi connectivity index (χ4v) is 3.12. The smallest absolute Gasteiger partial charge is 0.0881 e. The molecule has 1 aromatic carbocycles. The number of morpholine rings is 1. The van der Waals surface area contributed by atoms with Crippen LogP contribution < -0.4 is 0 Å². The highest BCUT2D eigenvalue weighted by Crippen LogP contribution is 2.25. The number of nitrogens with zero attached hydrogens (tertiary/aromatic N) is 2. The van der Waals surface area contributed by atoms with Gasteiger partial charge in [-0.2, -0.15) is 0 Å². The fourth-order valence-electron chi connectivity index (χ4n) is 2.89. The van der Waals surface area contributed by atoms with Gasteiger partial charge in [-0.25, -0.2) is 0 Å². The maximum atomic E-state index is 6.23. The summed E-state index contributed by atoms with van der Waals surface area (Å²) in [7, 11) is 0. The standard InChI is InChI=1S/C16H21ClN2O/c1-12(2)18-8-9-20-13(10-18)11-19-7-6-14-15(17)4-3-5-16(14)19/h3-7,12-13H,8-11H2,1-2H3. The SMILES string of the molecule is CC(C)N1CCOC(Cn2ccc3c(Cl)cccc32)C1. The van der Waals surface area contributed by atoms with Gasteiger partial charge in [-0.15, -0.1) is 0 Å². The summed E-state index contributed by atoms with van der Waals surface area (Å²) in [5.41, 5.74) is 1.18. The predicted octanol–water partition coefficient (Wildman–Crippen LogP) is 3.40. The van der Waals surface area contributed by atoms with Gasteiger partial charge < -0.3 is 9.30 Å². The number of halogens is 1. The summed E-state index contributed by atoms with van der Waals surface area (Å²) < 4.78 is 8.16. The molecule has 1 fully saturated rings. The zero-order valence-corrected chi connectivity index (χ0v) is 12.8. The van der Waals surface area contributed by atoms with E-state index in [9.17, 15) is 0 Å². The van der Waals surface area contributed by atoms with Gasteiger partial charge in [0.25, 0.3) is 0 Å². The summed E-state index contributed by atoms with van der Waals surface area (Å²) >= 11 is 6.23. The molecule has 3 nitrogen and oxygen atoms in total. The Balaban J connectivity index is 1.78. The first-order valence-electron chi connectivity index (χ1n) is 7.24. The van der Waals surface area contributed by atoms with Crippen molar-refractivity contribution < 1.29 is 4.74 Å². The van der Waals surface area contributed by atoms with Gasteiger partial charge in [0.15, 0.2) is 0 Å². The second-order valence-corrected chi connectivity index (χ2v) is 6.13. The van der Waals surface area contributed by atoms with Crippen molar-refractivity contribution in [1.29, 1.82) is 0 Å². The van der Waals surface area contributed by atoms with Crippen LogP contribution >= 0.6 is 11.6 Å². The molecule has 0 spiro atoms. The zero-order chi connectivity index (χ0) is 14.1. The van der Waals surface area contributed by atoms with Crippen molar-refractivity contribution in [3.8, 4) is 0 Å². The van der Waals surface area contributed by atoms with Crippen LogP contribution in [0.25, 0.3) is 10.9 Å². The van der Waals surface area contributed by atoms with Crippen molar-refractivity contribution in [2.24, 2.45) is 0 Å².